The Morgan fingerprint density at radius 2 is 2.12 bits per heavy atom. The van der Waals surface area contributed by atoms with Gasteiger partial charge < -0.3 is 9.15 Å². The lowest BCUT2D eigenvalue weighted by Gasteiger charge is -2.10. The molecule has 25 heavy (non-hydrogen) atoms. The first-order chi connectivity index (χ1) is 11.9. The van der Waals surface area contributed by atoms with Crippen LogP contribution in [-0.4, -0.2) is 25.9 Å². The van der Waals surface area contributed by atoms with Crippen LogP contribution in [0.25, 0.3) is 11.0 Å². The van der Waals surface area contributed by atoms with Gasteiger partial charge in [0.05, 0.1) is 11.5 Å². The first kappa shape index (κ1) is 17.7. The average Bonchev–Trinajstić information content (AvgIpc) is 2.90. The molecule has 0 radical (unpaired) electrons. The third-order valence-electron chi connectivity index (χ3n) is 4.47. The van der Waals surface area contributed by atoms with Crippen LogP contribution in [0.4, 0.5) is 0 Å². The molecule has 1 aliphatic heterocycles. The molecule has 1 saturated heterocycles. The Hall–Kier alpha value is -2.15. The Bertz CT molecular complexity index is 957. The van der Waals surface area contributed by atoms with Crippen LogP contribution in [0.2, 0.25) is 0 Å². The van der Waals surface area contributed by atoms with Crippen LogP contribution < -0.4 is 5.63 Å². The van der Waals surface area contributed by atoms with E-state index in [9.17, 15) is 18.0 Å². The van der Waals surface area contributed by atoms with Gasteiger partial charge in [-0.1, -0.05) is 19.1 Å². The van der Waals surface area contributed by atoms with E-state index in [0.717, 1.165) is 17.4 Å². The third kappa shape index (κ3) is 4.28. The van der Waals surface area contributed by atoms with Crippen molar-refractivity contribution in [3.05, 3.63) is 45.8 Å². The summed E-state index contributed by atoms with van der Waals surface area (Å²) >= 11 is 0. The molecule has 0 unspecified atom stereocenters. The summed E-state index contributed by atoms with van der Waals surface area (Å²) in [6, 6.07) is 6.92. The van der Waals surface area contributed by atoms with Gasteiger partial charge in [0.1, 0.15) is 12.2 Å². The van der Waals surface area contributed by atoms with Crippen molar-refractivity contribution in [1.29, 1.82) is 0 Å². The average molecular weight is 364 g/mol. The predicted molar refractivity (Wildman–Crippen MR) is 93.0 cm³/mol. The second kappa shape index (κ2) is 7.00. The molecular formula is C18H20O6S. The minimum absolute atomic E-state index is 0.0358. The van der Waals surface area contributed by atoms with E-state index in [-0.39, 0.29) is 30.5 Å². The van der Waals surface area contributed by atoms with Crippen molar-refractivity contribution < 1.29 is 22.4 Å². The smallest absolute Gasteiger partial charge is 0.336 e. The first-order valence-electron chi connectivity index (χ1n) is 8.28. The molecule has 2 aromatic rings. The first-order valence-corrected chi connectivity index (χ1v) is 10.1. The number of rotatable bonds is 5. The zero-order valence-corrected chi connectivity index (χ0v) is 14.8. The molecule has 134 valence electrons. The maximum atomic E-state index is 12.0. The molecule has 1 aromatic carbocycles. The Kier molecular flexibility index (Phi) is 4.94. The zero-order valence-electron chi connectivity index (χ0n) is 14.0. The zero-order chi connectivity index (χ0) is 18.0. The second-order valence-corrected chi connectivity index (χ2v) is 8.64. The van der Waals surface area contributed by atoms with Gasteiger partial charge >= 0.3 is 11.6 Å². The van der Waals surface area contributed by atoms with Gasteiger partial charge in [-0.2, -0.15) is 0 Å². The Labute approximate surface area is 145 Å². The topological polar surface area (TPSA) is 90.7 Å². The maximum Gasteiger partial charge on any atom is 0.336 e. The molecule has 1 aliphatic rings. The number of aryl methyl sites for hydroxylation is 1. The summed E-state index contributed by atoms with van der Waals surface area (Å²) in [5.41, 5.74) is 1.61. The molecule has 1 fully saturated rings. The third-order valence-corrected chi connectivity index (χ3v) is 6.31. The number of ether oxygens (including phenoxy) is 1. The van der Waals surface area contributed by atoms with Gasteiger partial charge in [-0.25, -0.2) is 13.2 Å². The number of esters is 1. The van der Waals surface area contributed by atoms with Gasteiger partial charge in [-0.05, 0) is 30.4 Å². The lowest BCUT2D eigenvalue weighted by molar-refractivity contribution is -0.145. The molecule has 0 bridgehead atoms. The highest BCUT2D eigenvalue weighted by Crippen LogP contribution is 2.23. The van der Waals surface area contributed by atoms with Crippen LogP contribution in [-0.2, 0) is 32.4 Å². The summed E-state index contributed by atoms with van der Waals surface area (Å²) in [4.78, 5) is 23.7. The van der Waals surface area contributed by atoms with E-state index in [1.807, 2.05) is 25.1 Å². The van der Waals surface area contributed by atoms with E-state index in [0.29, 0.717) is 17.6 Å². The van der Waals surface area contributed by atoms with Crippen molar-refractivity contribution in [2.75, 3.05) is 11.5 Å². The SMILES string of the molecule is CCc1ccc2c(COC(=O)C[C@@H]3CCS(=O)(=O)C3)cc(=O)oc2c1. The van der Waals surface area contributed by atoms with Crippen molar-refractivity contribution in [2.45, 2.75) is 32.8 Å². The fourth-order valence-electron chi connectivity index (χ4n) is 3.10. The summed E-state index contributed by atoms with van der Waals surface area (Å²) in [5, 5.41) is 0.730. The van der Waals surface area contributed by atoms with Gasteiger partial charge in [0.2, 0.25) is 0 Å². The van der Waals surface area contributed by atoms with E-state index in [1.54, 1.807) is 0 Å². The minimum atomic E-state index is -3.01. The van der Waals surface area contributed by atoms with E-state index < -0.39 is 21.4 Å². The molecule has 7 heteroatoms. The van der Waals surface area contributed by atoms with Crippen LogP contribution in [0, 0.1) is 5.92 Å². The summed E-state index contributed by atoms with van der Waals surface area (Å²) < 4.78 is 33.4. The van der Waals surface area contributed by atoms with Crippen LogP contribution >= 0.6 is 0 Å². The van der Waals surface area contributed by atoms with Crippen LogP contribution in [0.1, 0.15) is 30.9 Å². The van der Waals surface area contributed by atoms with E-state index >= 15 is 0 Å². The summed E-state index contributed by atoms with van der Waals surface area (Å²) in [6.07, 6.45) is 1.40. The molecule has 2 heterocycles. The molecule has 3 rings (SSSR count). The second-order valence-electron chi connectivity index (χ2n) is 6.41. The molecule has 0 N–H and O–H groups in total. The Balaban J connectivity index is 1.70. The lowest BCUT2D eigenvalue weighted by Crippen LogP contribution is -2.13. The number of carbonyl (C=O) groups is 1. The van der Waals surface area contributed by atoms with Crippen molar-refractivity contribution in [1.82, 2.24) is 0 Å². The molecule has 6 nitrogen and oxygen atoms in total. The van der Waals surface area contributed by atoms with E-state index in [2.05, 4.69) is 0 Å². The number of carbonyl (C=O) groups excluding carboxylic acids is 1. The summed E-state index contributed by atoms with van der Waals surface area (Å²) in [6.45, 7) is 1.97. The molecule has 0 aliphatic carbocycles. The van der Waals surface area contributed by atoms with Gasteiger partial charge in [-0.15, -0.1) is 0 Å². The van der Waals surface area contributed by atoms with Crippen LogP contribution in [0.15, 0.2) is 33.5 Å². The quantitative estimate of drug-likeness (QED) is 0.597. The van der Waals surface area contributed by atoms with Crippen LogP contribution in [0.3, 0.4) is 0 Å². The van der Waals surface area contributed by atoms with Gasteiger partial charge in [0.25, 0.3) is 0 Å². The van der Waals surface area contributed by atoms with E-state index in [4.69, 9.17) is 9.15 Å². The maximum absolute atomic E-state index is 12.0. The molecule has 0 saturated carbocycles. The van der Waals surface area contributed by atoms with E-state index in [1.165, 1.54) is 6.07 Å². The highest BCUT2D eigenvalue weighted by molar-refractivity contribution is 7.91. The molecule has 0 amide bonds. The van der Waals surface area contributed by atoms with Crippen molar-refractivity contribution in [3.8, 4) is 0 Å². The summed E-state index contributed by atoms with van der Waals surface area (Å²) in [5.74, 6) is -0.453. The Morgan fingerprint density at radius 1 is 1.32 bits per heavy atom. The number of hydrogen-bond donors (Lipinski definition) is 0. The van der Waals surface area contributed by atoms with Crippen molar-refractivity contribution in [2.24, 2.45) is 5.92 Å². The Morgan fingerprint density at radius 3 is 2.80 bits per heavy atom. The number of benzene rings is 1. The fourth-order valence-corrected chi connectivity index (χ4v) is 4.96. The van der Waals surface area contributed by atoms with Gasteiger partial charge in [0.15, 0.2) is 9.84 Å². The standard InChI is InChI=1S/C18H20O6S/c1-2-12-3-4-15-14(9-18(20)24-16(15)7-12)10-23-17(19)8-13-5-6-25(21,22)11-13/h3-4,7,9,13H,2,5-6,8,10-11H2,1H3/t13-/m0/s1. The summed E-state index contributed by atoms with van der Waals surface area (Å²) in [7, 11) is -3.01. The largest absolute Gasteiger partial charge is 0.461 e. The molecule has 1 aromatic heterocycles. The van der Waals surface area contributed by atoms with Crippen molar-refractivity contribution in [3.63, 3.8) is 0 Å². The van der Waals surface area contributed by atoms with Crippen molar-refractivity contribution >= 4 is 26.8 Å². The predicted octanol–water partition coefficient (Wildman–Crippen LogP) is 2.22. The fraction of sp³-hybridized carbons (Fsp3) is 0.444. The number of fused-ring (bicyclic) bond motifs is 1. The lowest BCUT2D eigenvalue weighted by atomic mass is 10.1. The molecule has 1 atom stereocenters. The monoisotopic (exact) mass is 364 g/mol. The minimum Gasteiger partial charge on any atom is -0.461 e. The molecular weight excluding hydrogens is 344 g/mol. The highest BCUT2D eigenvalue weighted by atomic mass is 32.2. The van der Waals surface area contributed by atoms with Gasteiger partial charge in [-0.3, -0.25) is 4.79 Å². The van der Waals surface area contributed by atoms with Crippen LogP contribution in [0.5, 0.6) is 0 Å². The normalized spacial score (nSPS) is 19.2. The number of sulfone groups is 1. The molecule has 0 spiro atoms. The number of hydrogen-bond acceptors (Lipinski definition) is 6. The van der Waals surface area contributed by atoms with Gasteiger partial charge in [0, 0.05) is 23.4 Å². The highest BCUT2D eigenvalue weighted by Gasteiger charge is 2.29.